The molecule has 0 bridgehead atoms. The predicted octanol–water partition coefficient (Wildman–Crippen LogP) is 2.18. The topological polar surface area (TPSA) is 88.6 Å². The van der Waals surface area contributed by atoms with Gasteiger partial charge in [-0.05, 0) is 44.7 Å². The van der Waals surface area contributed by atoms with E-state index >= 15 is 0 Å². The summed E-state index contributed by atoms with van der Waals surface area (Å²) in [6.07, 6.45) is 0.574. The SMILES string of the molecule is COc1ccc(-c2nc(NC(=O)CN(C)[C@@H]3CCS(=O)(=O)C3)sc2C)cc1. The highest BCUT2D eigenvalue weighted by Gasteiger charge is 2.31. The van der Waals surface area contributed by atoms with Crippen LogP contribution in [0.5, 0.6) is 5.75 Å². The Balaban J connectivity index is 1.63. The number of aryl methyl sites for hydroxylation is 1. The maximum absolute atomic E-state index is 12.3. The highest BCUT2D eigenvalue weighted by molar-refractivity contribution is 7.91. The first-order chi connectivity index (χ1) is 12.8. The molecular formula is C18H23N3O4S2. The molecule has 3 rings (SSSR count). The molecule has 1 N–H and O–H groups in total. The summed E-state index contributed by atoms with van der Waals surface area (Å²) in [6.45, 7) is 2.10. The van der Waals surface area contributed by atoms with Crippen molar-refractivity contribution in [1.82, 2.24) is 9.88 Å². The van der Waals surface area contributed by atoms with Crippen LogP contribution in [0.2, 0.25) is 0 Å². The molecule has 0 radical (unpaired) electrons. The van der Waals surface area contributed by atoms with Crippen LogP contribution in [0.1, 0.15) is 11.3 Å². The zero-order valence-corrected chi connectivity index (χ0v) is 17.2. The minimum Gasteiger partial charge on any atom is -0.497 e. The molecule has 9 heteroatoms. The zero-order chi connectivity index (χ0) is 19.6. The second kappa shape index (κ2) is 7.95. The molecule has 1 aromatic carbocycles. The van der Waals surface area contributed by atoms with Crippen LogP contribution in [0.3, 0.4) is 0 Å². The molecular weight excluding hydrogens is 386 g/mol. The van der Waals surface area contributed by atoms with Gasteiger partial charge in [0.15, 0.2) is 15.0 Å². The van der Waals surface area contributed by atoms with E-state index in [1.165, 1.54) is 11.3 Å². The Kier molecular flexibility index (Phi) is 5.83. The highest BCUT2D eigenvalue weighted by Crippen LogP contribution is 2.31. The second-order valence-corrected chi connectivity index (χ2v) is 10.1. The van der Waals surface area contributed by atoms with Gasteiger partial charge in [-0.25, -0.2) is 13.4 Å². The summed E-state index contributed by atoms with van der Waals surface area (Å²) in [4.78, 5) is 19.7. The summed E-state index contributed by atoms with van der Waals surface area (Å²) >= 11 is 1.42. The Morgan fingerprint density at radius 1 is 1.37 bits per heavy atom. The number of hydrogen-bond donors (Lipinski definition) is 1. The summed E-state index contributed by atoms with van der Waals surface area (Å²) in [7, 11) is 0.433. The molecule has 27 heavy (non-hydrogen) atoms. The number of ether oxygens (including phenoxy) is 1. The van der Waals surface area contributed by atoms with Crippen LogP contribution in [0, 0.1) is 6.92 Å². The average Bonchev–Trinajstić information content (AvgIpc) is 3.16. The number of carbonyl (C=O) groups excluding carboxylic acids is 1. The maximum Gasteiger partial charge on any atom is 0.240 e. The molecule has 7 nitrogen and oxygen atoms in total. The molecule has 1 saturated heterocycles. The number of carbonyl (C=O) groups is 1. The van der Waals surface area contributed by atoms with Crippen molar-refractivity contribution >= 4 is 32.2 Å². The van der Waals surface area contributed by atoms with E-state index in [0.29, 0.717) is 11.6 Å². The van der Waals surface area contributed by atoms with Crippen LogP contribution < -0.4 is 10.1 Å². The van der Waals surface area contributed by atoms with Gasteiger partial charge in [0.25, 0.3) is 0 Å². The summed E-state index contributed by atoms with van der Waals surface area (Å²) in [5.41, 5.74) is 1.78. The van der Waals surface area contributed by atoms with Gasteiger partial charge in [0, 0.05) is 16.5 Å². The fourth-order valence-corrected chi connectivity index (χ4v) is 5.76. The standard InChI is InChI=1S/C18H23N3O4S2/c1-12-17(13-4-6-15(25-3)7-5-13)20-18(26-12)19-16(22)10-21(2)14-8-9-27(23,24)11-14/h4-7,14H,8-11H2,1-3H3,(H,19,20,22)/t14-/m1/s1. The van der Waals surface area contributed by atoms with Crippen molar-refractivity contribution in [3.8, 4) is 17.0 Å². The third-order valence-electron chi connectivity index (χ3n) is 4.63. The van der Waals surface area contributed by atoms with E-state index in [4.69, 9.17) is 4.74 Å². The van der Waals surface area contributed by atoms with Crippen molar-refractivity contribution in [3.63, 3.8) is 0 Å². The van der Waals surface area contributed by atoms with Gasteiger partial charge in [-0.15, -0.1) is 11.3 Å². The molecule has 1 aliphatic heterocycles. The van der Waals surface area contributed by atoms with Gasteiger partial charge in [-0.3, -0.25) is 9.69 Å². The van der Waals surface area contributed by atoms with Gasteiger partial charge >= 0.3 is 0 Å². The third-order valence-corrected chi connectivity index (χ3v) is 7.27. The molecule has 146 valence electrons. The van der Waals surface area contributed by atoms with E-state index < -0.39 is 9.84 Å². The Morgan fingerprint density at radius 3 is 2.67 bits per heavy atom. The van der Waals surface area contributed by atoms with E-state index in [-0.39, 0.29) is 30.0 Å². The number of methoxy groups -OCH3 is 1. The lowest BCUT2D eigenvalue weighted by Crippen LogP contribution is -2.38. The first kappa shape index (κ1) is 19.8. The monoisotopic (exact) mass is 409 g/mol. The molecule has 1 fully saturated rings. The van der Waals surface area contributed by atoms with Gasteiger partial charge in [0.2, 0.25) is 5.91 Å². The number of likely N-dealkylation sites (N-methyl/N-ethyl adjacent to an activating group) is 1. The Hall–Kier alpha value is -1.97. The van der Waals surface area contributed by atoms with Gasteiger partial charge < -0.3 is 10.1 Å². The number of nitrogens with zero attached hydrogens (tertiary/aromatic N) is 2. The summed E-state index contributed by atoms with van der Waals surface area (Å²) in [5, 5.41) is 3.36. The number of benzene rings is 1. The second-order valence-electron chi connectivity index (χ2n) is 6.67. The molecule has 0 unspecified atom stereocenters. The first-order valence-electron chi connectivity index (χ1n) is 8.60. The lowest BCUT2D eigenvalue weighted by Gasteiger charge is -2.21. The number of rotatable bonds is 6. The third kappa shape index (κ3) is 4.85. The van der Waals surface area contributed by atoms with E-state index in [2.05, 4.69) is 10.3 Å². The lowest BCUT2D eigenvalue weighted by molar-refractivity contribution is -0.117. The minimum absolute atomic E-state index is 0.103. The maximum atomic E-state index is 12.3. The normalized spacial score (nSPS) is 18.6. The Morgan fingerprint density at radius 2 is 2.07 bits per heavy atom. The van der Waals surface area contributed by atoms with Crippen LogP contribution in [-0.2, 0) is 14.6 Å². The smallest absolute Gasteiger partial charge is 0.240 e. The van der Waals surface area contributed by atoms with E-state index in [1.54, 1.807) is 19.1 Å². The van der Waals surface area contributed by atoms with Gasteiger partial charge in [0.05, 0.1) is 30.9 Å². The number of hydrogen-bond acceptors (Lipinski definition) is 7. The van der Waals surface area contributed by atoms with Crippen molar-refractivity contribution in [3.05, 3.63) is 29.1 Å². The fourth-order valence-electron chi connectivity index (χ4n) is 3.10. The first-order valence-corrected chi connectivity index (χ1v) is 11.2. The molecule has 1 aromatic heterocycles. The average molecular weight is 410 g/mol. The highest BCUT2D eigenvalue weighted by atomic mass is 32.2. The Bertz CT molecular complexity index is 923. The zero-order valence-electron chi connectivity index (χ0n) is 15.6. The van der Waals surface area contributed by atoms with Crippen molar-refractivity contribution < 1.29 is 17.9 Å². The van der Waals surface area contributed by atoms with Crippen LogP contribution >= 0.6 is 11.3 Å². The van der Waals surface area contributed by atoms with E-state index in [0.717, 1.165) is 21.9 Å². The van der Waals surface area contributed by atoms with Crippen molar-refractivity contribution in [2.24, 2.45) is 0 Å². The van der Waals surface area contributed by atoms with Gasteiger partial charge in [-0.2, -0.15) is 0 Å². The largest absolute Gasteiger partial charge is 0.497 e. The van der Waals surface area contributed by atoms with Crippen LogP contribution in [0.25, 0.3) is 11.3 Å². The molecule has 1 amide bonds. The van der Waals surface area contributed by atoms with Crippen LogP contribution in [0.15, 0.2) is 24.3 Å². The lowest BCUT2D eigenvalue weighted by atomic mass is 10.1. The summed E-state index contributed by atoms with van der Waals surface area (Å²) in [6, 6.07) is 7.50. The van der Waals surface area contributed by atoms with Crippen molar-refractivity contribution in [1.29, 1.82) is 0 Å². The summed E-state index contributed by atoms with van der Waals surface area (Å²) < 4.78 is 28.4. The van der Waals surface area contributed by atoms with Gasteiger partial charge in [-0.1, -0.05) is 0 Å². The van der Waals surface area contributed by atoms with Crippen LogP contribution in [-0.4, -0.2) is 62.5 Å². The van der Waals surface area contributed by atoms with E-state index in [1.807, 2.05) is 31.2 Å². The molecule has 0 spiro atoms. The fraction of sp³-hybridized carbons (Fsp3) is 0.444. The van der Waals surface area contributed by atoms with Crippen molar-refractivity contribution in [2.75, 3.05) is 37.5 Å². The number of anilines is 1. The van der Waals surface area contributed by atoms with Crippen LogP contribution in [0.4, 0.5) is 5.13 Å². The quantitative estimate of drug-likeness (QED) is 0.787. The molecule has 2 aromatic rings. The number of thiazole rings is 1. The Labute approximate surface area is 163 Å². The predicted molar refractivity (Wildman–Crippen MR) is 107 cm³/mol. The molecule has 1 aliphatic rings. The number of nitrogens with one attached hydrogen (secondary N) is 1. The molecule has 0 aliphatic carbocycles. The van der Waals surface area contributed by atoms with Gasteiger partial charge in [0.1, 0.15) is 5.75 Å². The van der Waals surface area contributed by atoms with E-state index in [9.17, 15) is 13.2 Å². The number of aromatic nitrogens is 1. The number of sulfone groups is 1. The summed E-state index contributed by atoms with van der Waals surface area (Å²) in [5.74, 6) is 0.892. The van der Waals surface area contributed by atoms with Crippen molar-refractivity contribution in [2.45, 2.75) is 19.4 Å². The molecule has 0 saturated carbocycles. The molecule has 1 atom stereocenters. The minimum atomic E-state index is -2.97. The molecule has 2 heterocycles. The number of amides is 1.